The van der Waals surface area contributed by atoms with Crippen molar-refractivity contribution in [2.45, 2.75) is 123 Å². The largest absolute Gasteiger partial charge is 2.00 e. The molecule has 0 amide bonds. The zero-order chi connectivity index (χ0) is 25.2. The Bertz CT molecular complexity index is 875. The van der Waals surface area contributed by atoms with Crippen LogP contribution in [0.2, 0.25) is 0 Å². The predicted octanol–water partition coefficient (Wildman–Crippen LogP) is 9.62. The molecule has 0 saturated heterocycles. The van der Waals surface area contributed by atoms with E-state index in [4.69, 9.17) is 5.73 Å². The summed E-state index contributed by atoms with van der Waals surface area (Å²) in [6.07, 6.45) is 28.9. The van der Waals surface area contributed by atoms with Crippen molar-refractivity contribution in [1.29, 1.82) is 0 Å². The van der Waals surface area contributed by atoms with E-state index in [9.17, 15) is 0 Å². The second kappa shape index (κ2) is 13.1. The summed E-state index contributed by atoms with van der Waals surface area (Å²) in [5, 5.41) is 0. The number of hydrogen-bond acceptors (Lipinski definition) is 1. The number of hydrogen-bond donors (Lipinski definition) is 1. The van der Waals surface area contributed by atoms with Crippen molar-refractivity contribution in [1.82, 2.24) is 0 Å². The Hall–Kier alpha value is -0.378. The van der Waals surface area contributed by atoms with Crippen LogP contribution in [0.3, 0.4) is 0 Å². The summed E-state index contributed by atoms with van der Waals surface area (Å²) >= 11 is 0. The molecule has 0 aliphatic heterocycles. The van der Waals surface area contributed by atoms with Crippen LogP contribution in [0.25, 0.3) is 0 Å². The van der Waals surface area contributed by atoms with Gasteiger partial charge in [0.05, 0.1) is 0 Å². The summed E-state index contributed by atoms with van der Waals surface area (Å²) in [5.41, 5.74) is 16.4. The van der Waals surface area contributed by atoms with Gasteiger partial charge >= 0.3 is 20.4 Å². The molecule has 4 aliphatic carbocycles. The van der Waals surface area contributed by atoms with Gasteiger partial charge in [-0.1, -0.05) is 103 Å². The first-order chi connectivity index (χ1) is 16.7. The van der Waals surface area contributed by atoms with Crippen molar-refractivity contribution in [2.24, 2.45) is 23.5 Å². The molecule has 0 radical (unpaired) electrons. The van der Waals surface area contributed by atoms with Crippen LogP contribution in [-0.2, 0) is 20.4 Å². The minimum atomic E-state index is -0.426. The molecule has 0 bridgehead atoms. The number of nitrogens with two attached hydrogens (primary N) is 1. The molecule has 4 aliphatic rings. The van der Waals surface area contributed by atoms with Crippen LogP contribution in [0, 0.1) is 23.4 Å². The fourth-order valence-electron chi connectivity index (χ4n) is 6.84. The molecule has 2 fully saturated rings. The predicted molar refractivity (Wildman–Crippen MR) is 157 cm³/mol. The van der Waals surface area contributed by atoms with Crippen LogP contribution in [0.5, 0.6) is 0 Å². The van der Waals surface area contributed by atoms with E-state index in [-0.39, 0.29) is 28.3 Å². The minimum absolute atomic E-state index is 0. The van der Waals surface area contributed by atoms with Gasteiger partial charge in [-0.25, -0.2) is 0 Å². The van der Waals surface area contributed by atoms with E-state index < -0.39 is 5.54 Å². The van der Waals surface area contributed by atoms with Gasteiger partial charge in [-0.2, -0.15) is 0 Å². The van der Waals surface area contributed by atoms with Crippen molar-refractivity contribution in [3.63, 3.8) is 0 Å². The second-order valence-corrected chi connectivity index (χ2v) is 15.3. The third-order valence-corrected chi connectivity index (χ3v) is 12.6. The SMILES string of the molecule is CC(C)C1=CC(N)(C(C)C)C(=C2C=CC=C[C-]2P(C2CCCCC2)C2CCCCC2)C(C(C)C)=C1.[Pd+2]. The van der Waals surface area contributed by atoms with Gasteiger partial charge in [-0.05, 0) is 60.3 Å². The minimum Gasteiger partial charge on any atom is -0.325 e. The van der Waals surface area contributed by atoms with E-state index in [1.165, 1.54) is 86.5 Å². The third-order valence-electron chi connectivity index (χ3n) is 9.08. The number of rotatable bonds is 6. The molecule has 2 saturated carbocycles. The third kappa shape index (κ3) is 6.26. The number of allylic oxidation sites excluding steroid dienone is 7. The maximum atomic E-state index is 7.51. The maximum absolute atomic E-state index is 7.51. The zero-order valence-corrected chi connectivity index (χ0v) is 26.2. The molecule has 4 rings (SSSR count). The topological polar surface area (TPSA) is 26.0 Å². The summed E-state index contributed by atoms with van der Waals surface area (Å²) in [4.78, 5) is 0. The van der Waals surface area contributed by atoms with Crippen LogP contribution >= 0.6 is 7.92 Å². The van der Waals surface area contributed by atoms with Gasteiger partial charge in [0.2, 0.25) is 0 Å². The molecule has 202 valence electrons. The molecule has 1 atom stereocenters. The van der Waals surface area contributed by atoms with Crippen LogP contribution in [0.15, 0.2) is 58.7 Å². The van der Waals surface area contributed by atoms with E-state index in [1.54, 1.807) is 5.66 Å². The summed E-state index contributed by atoms with van der Waals surface area (Å²) in [6.45, 7) is 14.0. The van der Waals surface area contributed by atoms with Crippen molar-refractivity contribution >= 4 is 7.92 Å². The first-order valence-corrected chi connectivity index (χ1v) is 16.2. The summed E-state index contributed by atoms with van der Waals surface area (Å²) in [6, 6.07) is 0. The second-order valence-electron chi connectivity index (χ2n) is 12.5. The molecule has 1 nitrogen and oxygen atoms in total. The first kappa shape index (κ1) is 30.2. The van der Waals surface area contributed by atoms with E-state index in [0.717, 1.165) is 11.3 Å². The van der Waals surface area contributed by atoms with E-state index in [2.05, 4.69) is 78.0 Å². The monoisotopic (exact) mass is 598 g/mol. The average Bonchev–Trinajstić information content (AvgIpc) is 2.85. The normalized spacial score (nSPS) is 28.2. The van der Waals surface area contributed by atoms with Gasteiger partial charge in [0.1, 0.15) is 0 Å². The molecule has 0 spiro atoms. The Labute approximate surface area is 238 Å². The van der Waals surface area contributed by atoms with Crippen molar-refractivity contribution in [3.8, 4) is 0 Å². The fourth-order valence-corrected chi connectivity index (χ4v) is 10.8. The quantitative estimate of drug-likeness (QED) is 0.184. The van der Waals surface area contributed by atoms with Gasteiger partial charge in [0.15, 0.2) is 0 Å². The Kier molecular flexibility index (Phi) is 11.0. The Morgan fingerprint density at radius 3 is 1.86 bits per heavy atom. The van der Waals surface area contributed by atoms with Crippen molar-refractivity contribution < 1.29 is 20.4 Å². The summed E-state index contributed by atoms with van der Waals surface area (Å²) < 4.78 is 0. The molecular weight excluding hydrogens is 548 g/mol. The van der Waals surface area contributed by atoms with Crippen LogP contribution < -0.4 is 5.73 Å². The first-order valence-electron chi connectivity index (χ1n) is 14.7. The smallest absolute Gasteiger partial charge is 0.325 e. The maximum Gasteiger partial charge on any atom is 2.00 e. The molecular formula is C33H51NPPd+. The fraction of sp³-hybridized carbons (Fsp3) is 0.667. The molecule has 0 aromatic carbocycles. The Morgan fingerprint density at radius 1 is 0.833 bits per heavy atom. The van der Waals surface area contributed by atoms with Gasteiger partial charge in [-0.3, -0.25) is 0 Å². The van der Waals surface area contributed by atoms with Crippen LogP contribution in [-0.4, -0.2) is 16.9 Å². The summed E-state index contributed by atoms with van der Waals surface area (Å²) in [5.74, 6) is 1.29. The summed E-state index contributed by atoms with van der Waals surface area (Å²) in [7, 11) is -0.185. The van der Waals surface area contributed by atoms with Crippen LogP contribution in [0.1, 0.15) is 106 Å². The molecule has 1 unspecified atom stereocenters. The van der Waals surface area contributed by atoms with Gasteiger partial charge in [0.25, 0.3) is 0 Å². The standard InChI is InChI=1S/C33H51NP.Pd/c1-23(2)26-21-30(24(3)4)32(33(34,22-26)25(5)6)29-19-13-14-20-31(29)35(27-15-9-7-10-16-27)28-17-11-8-12-18-28;/h13-14,19-25,27-28H,7-12,15-18,34H2,1-6H3;/q-1;+2. The van der Waals surface area contributed by atoms with E-state index >= 15 is 0 Å². The van der Waals surface area contributed by atoms with Crippen molar-refractivity contribution in [2.75, 3.05) is 0 Å². The molecule has 0 aromatic rings. The molecule has 2 N–H and O–H groups in total. The van der Waals surface area contributed by atoms with Crippen LogP contribution in [0.4, 0.5) is 0 Å². The Morgan fingerprint density at radius 2 is 1.39 bits per heavy atom. The van der Waals surface area contributed by atoms with E-state index in [1.807, 2.05) is 0 Å². The zero-order valence-electron chi connectivity index (χ0n) is 23.8. The molecule has 36 heavy (non-hydrogen) atoms. The van der Waals surface area contributed by atoms with Crippen molar-refractivity contribution in [3.05, 3.63) is 64.4 Å². The molecule has 0 heterocycles. The van der Waals surface area contributed by atoms with Gasteiger partial charge < -0.3 is 5.73 Å². The molecule has 3 heteroatoms. The molecule has 0 aromatic heterocycles. The van der Waals surface area contributed by atoms with Gasteiger partial charge in [0, 0.05) is 5.54 Å². The van der Waals surface area contributed by atoms with Gasteiger partial charge in [-0.15, -0.1) is 43.5 Å². The van der Waals surface area contributed by atoms with E-state index in [0.29, 0.717) is 17.8 Å². The Balaban J connectivity index is 0.00000361. The average molecular weight is 599 g/mol.